The molecule has 1 rings (SSSR count). The van der Waals surface area contributed by atoms with E-state index in [2.05, 4.69) is 12.0 Å². The van der Waals surface area contributed by atoms with Gasteiger partial charge in [-0.2, -0.15) is 5.10 Å². The highest BCUT2D eigenvalue weighted by atomic mass is 16.3. The van der Waals surface area contributed by atoms with Crippen molar-refractivity contribution in [3.8, 4) is 0 Å². The summed E-state index contributed by atoms with van der Waals surface area (Å²) in [6, 6.07) is 1.57. The zero-order chi connectivity index (χ0) is 13.5. The van der Waals surface area contributed by atoms with Crippen LogP contribution in [0.1, 0.15) is 33.1 Å². The third-order valence-electron chi connectivity index (χ3n) is 2.86. The number of aliphatic hydroxyl groups excluding tert-OH is 1. The molecule has 0 amide bonds. The van der Waals surface area contributed by atoms with Crippen LogP contribution in [0.2, 0.25) is 0 Å². The Hall–Kier alpha value is -1.36. The van der Waals surface area contributed by atoms with Gasteiger partial charge in [0, 0.05) is 19.7 Å². The Morgan fingerprint density at radius 3 is 2.72 bits per heavy atom. The van der Waals surface area contributed by atoms with Gasteiger partial charge in [-0.25, -0.2) is 4.68 Å². The monoisotopic (exact) mass is 253 g/mol. The molecule has 0 saturated heterocycles. The molecule has 0 aliphatic heterocycles. The fraction of sp³-hybridized carbons (Fsp3) is 0.692. The van der Waals surface area contributed by atoms with E-state index in [-0.39, 0.29) is 12.1 Å². The van der Waals surface area contributed by atoms with Crippen molar-refractivity contribution >= 4 is 5.69 Å². The van der Waals surface area contributed by atoms with Crippen LogP contribution in [0, 0.1) is 0 Å². The van der Waals surface area contributed by atoms with E-state index < -0.39 is 6.10 Å². The summed E-state index contributed by atoms with van der Waals surface area (Å²) in [6.45, 7) is 5.25. The number of aromatic nitrogens is 2. The number of hydrogen-bond acceptors (Lipinski definition) is 4. The smallest absolute Gasteiger partial charge is 0.268 e. The molecule has 0 fully saturated rings. The second-order valence-corrected chi connectivity index (χ2v) is 4.60. The average molecular weight is 253 g/mol. The number of anilines is 1. The van der Waals surface area contributed by atoms with Gasteiger partial charge < -0.3 is 10.0 Å². The summed E-state index contributed by atoms with van der Waals surface area (Å²) in [6.07, 6.45) is 3.78. The molecule has 1 aromatic heterocycles. The largest absolute Gasteiger partial charge is 0.391 e. The van der Waals surface area contributed by atoms with Gasteiger partial charge in [-0.1, -0.05) is 20.3 Å². The third-order valence-corrected chi connectivity index (χ3v) is 2.86. The lowest BCUT2D eigenvalue weighted by Gasteiger charge is -2.18. The molecule has 0 radical (unpaired) electrons. The Morgan fingerprint density at radius 2 is 2.17 bits per heavy atom. The zero-order valence-electron chi connectivity index (χ0n) is 11.5. The van der Waals surface area contributed by atoms with E-state index in [1.54, 1.807) is 12.3 Å². The zero-order valence-corrected chi connectivity index (χ0v) is 11.5. The Bertz CT molecular complexity index is 417. The molecule has 1 atom stereocenters. The summed E-state index contributed by atoms with van der Waals surface area (Å²) >= 11 is 0. The van der Waals surface area contributed by atoms with Gasteiger partial charge in [-0.05, 0) is 12.8 Å². The quantitative estimate of drug-likeness (QED) is 0.794. The van der Waals surface area contributed by atoms with Crippen LogP contribution in [0.5, 0.6) is 0 Å². The van der Waals surface area contributed by atoms with Crippen LogP contribution in [-0.2, 0) is 6.54 Å². The molecule has 5 heteroatoms. The van der Waals surface area contributed by atoms with Crippen LogP contribution in [0.25, 0.3) is 0 Å². The third kappa shape index (κ3) is 4.14. The molecule has 0 spiro atoms. The van der Waals surface area contributed by atoms with E-state index in [4.69, 9.17) is 0 Å². The molecular weight excluding hydrogens is 230 g/mol. The van der Waals surface area contributed by atoms with Crippen molar-refractivity contribution < 1.29 is 5.11 Å². The van der Waals surface area contributed by atoms with Crippen LogP contribution >= 0.6 is 0 Å². The molecule has 0 aromatic carbocycles. The average Bonchev–Trinajstić information content (AvgIpc) is 2.32. The summed E-state index contributed by atoms with van der Waals surface area (Å²) in [7, 11) is 1.94. The van der Waals surface area contributed by atoms with Gasteiger partial charge >= 0.3 is 0 Å². The highest BCUT2D eigenvalue weighted by molar-refractivity contribution is 5.41. The highest BCUT2D eigenvalue weighted by Crippen LogP contribution is 2.07. The second kappa shape index (κ2) is 7.16. The predicted molar refractivity (Wildman–Crippen MR) is 73.0 cm³/mol. The Labute approximate surface area is 108 Å². The first-order chi connectivity index (χ1) is 8.58. The van der Waals surface area contributed by atoms with E-state index in [1.807, 2.05) is 18.9 Å². The number of hydrogen-bond donors (Lipinski definition) is 1. The Morgan fingerprint density at radius 1 is 1.44 bits per heavy atom. The minimum atomic E-state index is -0.501. The maximum absolute atomic E-state index is 11.9. The molecule has 1 aromatic rings. The second-order valence-electron chi connectivity index (χ2n) is 4.60. The van der Waals surface area contributed by atoms with Crippen LogP contribution in [-0.4, -0.2) is 34.6 Å². The van der Waals surface area contributed by atoms with Crippen molar-refractivity contribution in [1.82, 2.24) is 9.78 Å². The van der Waals surface area contributed by atoms with Crippen molar-refractivity contribution in [3.05, 3.63) is 22.6 Å². The maximum atomic E-state index is 11.9. The lowest BCUT2D eigenvalue weighted by molar-refractivity contribution is 0.137. The molecule has 0 aliphatic carbocycles. The first-order valence-corrected chi connectivity index (χ1v) is 6.54. The SMILES string of the molecule is CCCC(O)Cn1ncc(N(C)CCC)cc1=O. The first-order valence-electron chi connectivity index (χ1n) is 6.54. The highest BCUT2D eigenvalue weighted by Gasteiger charge is 2.08. The van der Waals surface area contributed by atoms with Crippen LogP contribution in [0.15, 0.2) is 17.1 Å². The number of nitrogens with zero attached hydrogens (tertiary/aromatic N) is 3. The van der Waals surface area contributed by atoms with Gasteiger partial charge in [0.05, 0.1) is 24.5 Å². The van der Waals surface area contributed by atoms with Gasteiger partial charge in [-0.15, -0.1) is 0 Å². The van der Waals surface area contributed by atoms with Crippen LogP contribution < -0.4 is 10.5 Å². The normalized spacial score (nSPS) is 12.4. The molecule has 1 N–H and O–H groups in total. The summed E-state index contributed by atoms with van der Waals surface area (Å²) in [4.78, 5) is 13.9. The predicted octanol–water partition coefficient (Wildman–Crippen LogP) is 1.25. The molecule has 1 unspecified atom stereocenters. The molecule has 0 saturated carbocycles. The van der Waals surface area contributed by atoms with Crippen molar-refractivity contribution in [2.24, 2.45) is 0 Å². The number of rotatable bonds is 7. The van der Waals surface area contributed by atoms with Crippen molar-refractivity contribution in [2.45, 2.75) is 45.8 Å². The van der Waals surface area contributed by atoms with Gasteiger partial charge in [0.15, 0.2) is 0 Å². The molecule has 18 heavy (non-hydrogen) atoms. The summed E-state index contributed by atoms with van der Waals surface area (Å²) in [5.41, 5.74) is 0.661. The van der Waals surface area contributed by atoms with Gasteiger partial charge in [0.25, 0.3) is 5.56 Å². The van der Waals surface area contributed by atoms with E-state index in [0.717, 1.165) is 25.1 Å². The van der Waals surface area contributed by atoms with Gasteiger partial charge in [0.1, 0.15) is 0 Å². The van der Waals surface area contributed by atoms with E-state index >= 15 is 0 Å². The van der Waals surface area contributed by atoms with E-state index in [0.29, 0.717) is 6.42 Å². The van der Waals surface area contributed by atoms with Crippen LogP contribution in [0.3, 0.4) is 0 Å². The Balaban J connectivity index is 2.76. The molecule has 1 heterocycles. The topological polar surface area (TPSA) is 58.4 Å². The Kier molecular flexibility index (Phi) is 5.85. The minimum absolute atomic E-state index is 0.161. The number of aliphatic hydroxyl groups is 1. The molecule has 0 aliphatic rings. The molecular formula is C13H23N3O2. The fourth-order valence-electron chi connectivity index (χ4n) is 1.86. The summed E-state index contributed by atoms with van der Waals surface area (Å²) in [5.74, 6) is 0. The van der Waals surface area contributed by atoms with E-state index in [1.165, 1.54) is 4.68 Å². The van der Waals surface area contributed by atoms with Crippen LogP contribution in [0.4, 0.5) is 5.69 Å². The lowest BCUT2D eigenvalue weighted by Crippen LogP contribution is -2.30. The van der Waals surface area contributed by atoms with Crippen molar-refractivity contribution in [2.75, 3.05) is 18.5 Å². The van der Waals surface area contributed by atoms with Crippen molar-refractivity contribution in [3.63, 3.8) is 0 Å². The lowest BCUT2D eigenvalue weighted by atomic mass is 10.2. The van der Waals surface area contributed by atoms with Gasteiger partial charge in [-0.3, -0.25) is 4.79 Å². The van der Waals surface area contributed by atoms with Gasteiger partial charge in [0.2, 0.25) is 0 Å². The maximum Gasteiger partial charge on any atom is 0.268 e. The minimum Gasteiger partial charge on any atom is -0.391 e. The van der Waals surface area contributed by atoms with Crippen molar-refractivity contribution in [1.29, 1.82) is 0 Å². The molecule has 0 bridgehead atoms. The summed E-state index contributed by atoms with van der Waals surface area (Å²) < 4.78 is 1.32. The molecule has 5 nitrogen and oxygen atoms in total. The fourth-order valence-corrected chi connectivity index (χ4v) is 1.86. The molecule has 102 valence electrons. The first kappa shape index (κ1) is 14.7. The summed E-state index contributed by atoms with van der Waals surface area (Å²) in [5, 5.41) is 13.8. The standard InChI is InChI=1S/C13H23N3O2/c1-4-6-12(17)10-16-13(18)8-11(9-14-16)15(3)7-5-2/h8-9,12,17H,4-7,10H2,1-3H3. The van der Waals surface area contributed by atoms with E-state index in [9.17, 15) is 9.90 Å².